The largest absolute Gasteiger partial charge is 0.462 e. The van der Waals surface area contributed by atoms with Crippen LogP contribution < -0.4 is 0 Å². The Labute approximate surface area is 120 Å². The maximum Gasteiger partial charge on any atom is 0.338 e. The van der Waals surface area contributed by atoms with Crippen LogP contribution in [0.5, 0.6) is 0 Å². The SMILES string of the molecule is CC(C)CCOC(=O)c1ccc(C(=O)OC(C)C)cc1. The molecule has 0 spiro atoms. The van der Waals surface area contributed by atoms with Gasteiger partial charge >= 0.3 is 11.9 Å². The van der Waals surface area contributed by atoms with Gasteiger partial charge in [-0.1, -0.05) is 13.8 Å². The van der Waals surface area contributed by atoms with E-state index in [1.54, 1.807) is 38.1 Å². The fourth-order valence-electron chi connectivity index (χ4n) is 1.50. The molecule has 4 nitrogen and oxygen atoms in total. The van der Waals surface area contributed by atoms with Crippen molar-refractivity contribution in [3.63, 3.8) is 0 Å². The van der Waals surface area contributed by atoms with Crippen molar-refractivity contribution < 1.29 is 19.1 Å². The topological polar surface area (TPSA) is 52.6 Å². The summed E-state index contributed by atoms with van der Waals surface area (Å²) in [4.78, 5) is 23.4. The molecular weight excluding hydrogens is 256 g/mol. The number of ether oxygens (including phenoxy) is 2. The Morgan fingerprint density at radius 1 is 0.950 bits per heavy atom. The van der Waals surface area contributed by atoms with Gasteiger partial charge in [0.25, 0.3) is 0 Å². The number of carbonyl (C=O) groups is 2. The number of esters is 2. The number of hydrogen-bond donors (Lipinski definition) is 0. The highest BCUT2D eigenvalue weighted by atomic mass is 16.5. The van der Waals surface area contributed by atoms with Crippen molar-refractivity contribution in [2.45, 2.75) is 40.2 Å². The van der Waals surface area contributed by atoms with Crippen LogP contribution in [0.15, 0.2) is 24.3 Å². The number of carbonyl (C=O) groups excluding carboxylic acids is 2. The monoisotopic (exact) mass is 278 g/mol. The Kier molecular flexibility index (Phi) is 6.22. The van der Waals surface area contributed by atoms with Crippen LogP contribution in [0.25, 0.3) is 0 Å². The van der Waals surface area contributed by atoms with Crippen LogP contribution >= 0.6 is 0 Å². The van der Waals surface area contributed by atoms with Gasteiger partial charge in [-0.25, -0.2) is 9.59 Å². The van der Waals surface area contributed by atoms with Crippen LogP contribution in [-0.4, -0.2) is 24.6 Å². The van der Waals surface area contributed by atoms with Gasteiger partial charge in [0.15, 0.2) is 0 Å². The fraction of sp³-hybridized carbons (Fsp3) is 0.500. The van der Waals surface area contributed by atoms with Crippen LogP contribution in [-0.2, 0) is 9.47 Å². The average Bonchev–Trinajstić information content (AvgIpc) is 2.37. The van der Waals surface area contributed by atoms with Crippen molar-refractivity contribution >= 4 is 11.9 Å². The van der Waals surface area contributed by atoms with Crippen molar-refractivity contribution in [3.8, 4) is 0 Å². The highest BCUT2D eigenvalue weighted by molar-refractivity contribution is 5.93. The highest BCUT2D eigenvalue weighted by Crippen LogP contribution is 2.09. The summed E-state index contributed by atoms with van der Waals surface area (Å²) in [5, 5.41) is 0. The first kappa shape index (κ1) is 16.2. The molecule has 0 aliphatic rings. The summed E-state index contributed by atoms with van der Waals surface area (Å²) >= 11 is 0. The molecule has 0 aliphatic carbocycles. The van der Waals surface area contributed by atoms with Gasteiger partial charge < -0.3 is 9.47 Å². The molecule has 110 valence electrons. The number of benzene rings is 1. The molecule has 1 aromatic carbocycles. The minimum absolute atomic E-state index is 0.164. The van der Waals surface area contributed by atoms with E-state index >= 15 is 0 Å². The first-order valence-corrected chi connectivity index (χ1v) is 6.88. The Morgan fingerprint density at radius 3 is 1.90 bits per heavy atom. The molecule has 0 atom stereocenters. The van der Waals surface area contributed by atoms with Crippen molar-refractivity contribution in [2.24, 2.45) is 5.92 Å². The normalized spacial score (nSPS) is 10.7. The first-order chi connectivity index (χ1) is 9.40. The van der Waals surface area contributed by atoms with Crippen LogP contribution in [0.1, 0.15) is 54.8 Å². The third-order valence-electron chi connectivity index (χ3n) is 2.63. The Bertz CT molecular complexity index is 446. The lowest BCUT2D eigenvalue weighted by atomic mass is 10.1. The van der Waals surface area contributed by atoms with Crippen LogP contribution in [0.3, 0.4) is 0 Å². The number of hydrogen-bond acceptors (Lipinski definition) is 4. The second kappa shape index (κ2) is 7.68. The molecule has 20 heavy (non-hydrogen) atoms. The predicted octanol–water partition coefficient (Wildman–Crippen LogP) is 3.45. The third kappa shape index (κ3) is 5.43. The van der Waals surface area contributed by atoms with Gasteiger partial charge in [0.2, 0.25) is 0 Å². The maximum atomic E-state index is 11.7. The predicted molar refractivity (Wildman–Crippen MR) is 76.7 cm³/mol. The molecule has 0 N–H and O–H groups in total. The lowest BCUT2D eigenvalue weighted by Crippen LogP contribution is -2.12. The second-order valence-corrected chi connectivity index (χ2v) is 5.35. The van der Waals surface area contributed by atoms with E-state index in [0.29, 0.717) is 23.7 Å². The van der Waals surface area contributed by atoms with Gasteiger partial charge in [-0.2, -0.15) is 0 Å². The molecule has 0 saturated heterocycles. The molecule has 1 rings (SSSR count). The fourth-order valence-corrected chi connectivity index (χ4v) is 1.50. The standard InChI is InChI=1S/C16H22O4/c1-11(2)9-10-19-15(17)13-5-7-14(8-6-13)16(18)20-12(3)4/h5-8,11-12H,9-10H2,1-4H3. The Hall–Kier alpha value is -1.84. The van der Waals surface area contributed by atoms with Gasteiger partial charge in [0.05, 0.1) is 23.8 Å². The van der Waals surface area contributed by atoms with E-state index in [2.05, 4.69) is 13.8 Å². The van der Waals surface area contributed by atoms with Gasteiger partial charge in [-0.3, -0.25) is 0 Å². The van der Waals surface area contributed by atoms with Crippen LogP contribution in [0.2, 0.25) is 0 Å². The molecule has 0 bridgehead atoms. The van der Waals surface area contributed by atoms with Gasteiger partial charge in [0.1, 0.15) is 0 Å². The lowest BCUT2D eigenvalue weighted by Gasteiger charge is -2.09. The smallest absolute Gasteiger partial charge is 0.338 e. The van der Waals surface area contributed by atoms with E-state index in [-0.39, 0.29) is 18.0 Å². The molecular formula is C16H22O4. The zero-order valence-corrected chi connectivity index (χ0v) is 12.5. The molecule has 0 radical (unpaired) electrons. The molecule has 0 amide bonds. The molecule has 0 fully saturated rings. The van der Waals surface area contributed by atoms with E-state index in [0.717, 1.165) is 6.42 Å². The van der Waals surface area contributed by atoms with Crippen molar-refractivity contribution in [1.29, 1.82) is 0 Å². The van der Waals surface area contributed by atoms with Gasteiger partial charge in [-0.05, 0) is 50.5 Å². The Morgan fingerprint density at radius 2 is 1.45 bits per heavy atom. The summed E-state index contributed by atoms with van der Waals surface area (Å²) in [5.74, 6) is -0.259. The summed E-state index contributed by atoms with van der Waals surface area (Å²) < 4.78 is 10.2. The zero-order chi connectivity index (χ0) is 15.1. The highest BCUT2D eigenvalue weighted by Gasteiger charge is 2.12. The Balaban J connectivity index is 2.57. The molecule has 0 unspecified atom stereocenters. The van der Waals surface area contributed by atoms with E-state index in [1.165, 1.54) is 0 Å². The quantitative estimate of drug-likeness (QED) is 0.748. The summed E-state index contributed by atoms with van der Waals surface area (Å²) in [7, 11) is 0. The molecule has 0 heterocycles. The second-order valence-electron chi connectivity index (χ2n) is 5.35. The molecule has 0 aliphatic heterocycles. The molecule has 0 saturated carbocycles. The van der Waals surface area contributed by atoms with Crippen molar-refractivity contribution in [1.82, 2.24) is 0 Å². The van der Waals surface area contributed by atoms with Crippen LogP contribution in [0.4, 0.5) is 0 Å². The zero-order valence-electron chi connectivity index (χ0n) is 12.5. The minimum atomic E-state index is -0.389. The average molecular weight is 278 g/mol. The summed E-state index contributed by atoms with van der Waals surface area (Å²) in [6.07, 6.45) is 0.674. The van der Waals surface area contributed by atoms with E-state index in [9.17, 15) is 9.59 Å². The minimum Gasteiger partial charge on any atom is -0.462 e. The first-order valence-electron chi connectivity index (χ1n) is 6.88. The summed E-state index contributed by atoms with van der Waals surface area (Å²) in [6, 6.07) is 6.30. The lowest BCUT2D eigenvalue weighted by molar-refractivity contribution is 0.0376. The summed E-state index contributed by atoms with van der Waals surface area (Å²) in [6.45, 7) is 8.14. The molecule has 0 aromatic heterocycles. The molecule has 1 aromatic rings. The molecule has 4 heteroatoms. The summed E-state index contributed by atoms with van der Waals surface area (Å²) in [5.41, 5.74) is 0.868. The van der Waals surface area contributed by atoms with E-state index in [4.69, 9.17) is 9.47 Å². The number of rotatable bonds is 6. The van der Waals surface area contributed by atoms with Gasteiger partial charge in [-0.15, -0.1) is 0 Å². The van der Waals surface area contributed by atoms with E-state index in [1.807, 2.05) is 0 Å². The van der Waals surface area contributed by atoms with Crippen LogP contribution in [0, 0.1) is 5.92 Å². The van der Waals surface area contributed by atoms with Crippen molar-refractivity contribution in [3.05, 3.63) is 35.4 Å². The van der Waals surface area contributed by atoms with Crippen molar-refractivity contribution in [2.75, 3.05) is 6.61 Å². The van der Waals surface area contributed by atoms with Gasteiger partial charge in [0, 0.05) is 0 Å². The third-order valence-corrected chi connectivity index (χ3v) is 2.63. The maximum absolute atomic E-state index is 11.7. The van der Waals surface area contributed by atoms with E-state index < -0.39 is 0 Å².